The Morgan fingerprint density at radius 2 is 2.31 bits per heavy atom. The van der Waals surface area contributed by atoms with E-state index in [0.717, 1.165) is 6.07 Å². The van der Waals surface area contributed by atoms with Crippen LogP contribution in [-0.2, 0) is 0 Å². The number of aldehydes is 1. The van der Waals surface area contributed by atoms with Gasteiger partial charge in [0.2, 0.25) is 0 Å². The van der Waals surface area contributed by atoms with Crippen LogP contribution in [0, 0.1) is 17.1 Å². The third-order valence-corrected chi connectivity index (χ3v) is 1.59. The SMILES string of the molecule is COc1c(C#N)ccc(F)c1C=O. The summed E-state index contributed by atoms with van der Waals surface area (Å²) in [6.45, 7) is 0. The number of methoxy groups -OCH3 is 1. The van der Waals surface area contributed by atoms with Crippen molar-refractivity contribution >= 4 is 6.29 Å². The highest BCUT2D eigenvalue weighted by atomic mass is 19.1. The van der Waals surface area contributed by atoms with Crippen molar-refractivity contribution in [2.24, 2.45) is 0 Å². The second kappa shape index (κ2) is 3.68. The van der Waals surface area contributed by atoms with Crippen molar-refractivity contribution < 1.29 is 13.9 Å². The first-order valence-corrected chi connectivity index (χ1v) is 3.46. The molecule has 13 heavy (non-hydrogen) atoms. The van der Waals surface area contributed by atoms with E-state index in [0.29, 0.717) is 6.29 Å². The minimum Gasteiger partial charge on any atom is -0.495 e. The number of rotatable bonds is 2. The van der Waals surface area contributed by atoms with Crippen LogP contribution in [0.2, 0.25) is 0 Å². The predicted molar refractivity (Wildman–Crippen MR) is 43.1 cm³/mol. The number of hydrogen-bond donors (Lipinski definition) is 0. The van der Waals surface area contributed by atoms with Gasteiger partial charge in [-0.2, -0.15) is 5.26 Å². The molecule has 1 rings (SSSR count). The number of carbonyl (C=O) groups is 1. The number of ether oxygens (including phenoxy) is 1. The van der Waals surface area contributed by atoms with Crippen LogP contribution in [0.25, 0.3) is 0 Å². The summed E-state index contributed by atoms with van der Waals surface area (Å²) in [7, 11) is 1.28. The van der Waals surface area contributed by atoms with Crippen LogP contribution in [0.15, 0.2) is 12.1 Å². The lowest BCUT2D eigenvalue weighted by Gasteiger charge is -2.05. The molecule has 3 nitrogen and oxygen atoms in total. The van der Waals surface area contributed by atoms with Gasteiger partial charge < -0.3 is 4.74 Å². The number of halogens is 1. The maximum atomic E-state index is 12.9. The molecular weight excluding hydrogens is 173 g/mol. The molecule has 66 valence electrons. The lowest BCUT2D eigenvalue weighted by Crippen LogP contribution is -1.97. The minimum absolute atomic E-state index is 0.0162. The van der Waals surface area contributed by atoms with Crippen LogP contribution in [0.3, 0.4) is 0 Å². The Morgan fingerprint density at radius 3 is 2.77 bits per heavy atom. The van der Waals surface area contributed by atoms with E-state index in [2.05, 4.69) is 0 Å². The summed E-state index contributed by atoms with van der Waals surface area (Å²) in [5.41, 5.74) is -0.0763. The Labute approximate surface area is 74.4 Å². The predicted octanol–water partition coefficient (Wildman–Crippen LogP) is 1.52. The molecule has 0 aliphatic rings. The number of carbonyl (C=O) groups excluding carboxylic acids is 1. The van der Waals surface area contributed by atoms with Gasteiger partial charge in [0.1, 0.15) is 17.6 Å². The molecular formula is C9H6FNO2. The van der Waals surface area contributed by atoms with Gasteiger partial charge in [-0.3, -0.25) is 4.79 Å². The van der Waals surface area contributed by atoms with Crippen molar-refractivity contribution in [3.8, 4) is 11.8 Å². The fraction of sp³-hybridized carbons (Fsp3) is 0.111. The summed E-state index contributed by atoms with van der Waals surface area (Å²) in [6, 6.07) is 4.12. The molecule has 0 fully saturated rings. The average Bonchev–Trinajstić information content (AvgIpc) is 2.17. The first-order valence-electron chi connectivity index (χ1n) is 3.46. The van der Waals surface area contributed by atoms with E-state index in [1.165, 1.54) is 13.2 Å². The van der Waals surface area contributed by atoms with Gasteiger partial charge >= 0.3 is 0 Å². The van der Waals surface area contributed by atoms with Gasteiger partial charge in [0.15, 0.2) is 6.29 Å². The maximum Gasteiger partial charge on any atom is 0.156 e. The standard InChI is InChI=1S/C9H6FNO2/c1-13-9-6(4-11)2-3-8(10)7(9)5-12/h2-3,5H,1H3. The molecule has 0 N–H and O–H groups in total. The molecule has 0 aliphatic heterocycles. The number of benzene rings is 1. The van der Waals surface area contributed by atoms with Gasteiger partial charge in [-0.25, -0.2) is 4.39 Å². The molecule has 0 bridgehead atoms. The van der Waals surface area contributed by atoms with E-state index < -0.39 is 5.82 Å². The monoisotopic (exact) mass is 179 g/mol. The summed E-state index contributed by atoms with van der Waals surface area (Å²) < 4.78 is 17.7. The highest BCUT2D eigenvalue weighted by Gasteiger charge is 2.12. The molecule has 0 aliphatic carbocycles. The highest BCUT2D eigenvalue weighted by Crippen LogP contribution is 2.23. The fourth-order valence-corrected chi connectivity index (χ4v) is 0.993. The lowest BCUT2D eigenvalue weighted by atomic mass is 10.1. The van der Waals surface area contributed by atoms with Gasteiger partial charge in [0, 0.05) is 0 Å². The highest BCUT2D eigenvalue weighted by molar-refractivity contribution is 5.81. The molecule has 0 saturated carbocycles. The quantitative estimate of drug-likeness (QED) is 0.646. The first kappa shape index (κ1) is 9.20. The van der Waals surface area contributed by atoms with E-state index in [9.17, 15) is 9.18 Å². The molecule has 4 heteroatoms. The lowest BCUT2D eigenvalue weighted by molar-refractivity contribution is 0.111. The van der Waals surface area contributed by atoms with Gasteiger partial charge in [0.05, 0.1) is 18.2 Å². The van der Waals surface area contributed by atoms with Gasteiger partial charge in [-0.15, -0.1) is 0 Å². The summed E-state index contributed by atoms with van der Waals surface area (Å²) in [4.78, 5) is 10.4. The molecule has 0 amide bonds. The molecule has 0 saturated heterocycles. The average molecular weight is 179 g/mol. The van der Waals surface area contributed by atoms with E-state index in [1.54, 1.807) is 6.07 Å². The van der Waals surface area contributed by atoms with Gasteiger partial charge in [-0.05, 0) is 12.1 Å². The number of hydrogen-bond acceptors (Lipinski definition) is 3. The third kappa shape index (κ3) is 1.49. The van der Waals surface area contributed by atoms with E-state index in [1.807, 2.05) is 0 Å². The van der Waals surface area contributed by atoms with E-state index in [-0.39, 0.29) is 16.9 Å². The molecule has 1 aromatic rings. The summed E-state index contributed by atoms with van der Waals surface area (Å²) in [5.74, 6) is -0.705. The molecule has 0 atom stereocenters. The van der Waals surface area contributed by atoms with Crippen molar-refractivity contribution in [1.29, 1.82) is 5.26 Å². The van der Waals surface area contributed by atoms with Gasteiger partial charge in [0.25, 0.3) is 0 Å². The van der Waals surface area contributed by atoms with Crippen LogP contribution < -0.4 is 4.74 Å². The smallest absolute Gasteiger partial charge is 0.156 e. The Balaban J connectivity index is 3.47. The Kier molecular flexibility index (Phi) is 2.60. The van der Waals surface area contributed by atoms with Crippen LogP contribution in [0.5, 0.6) is 5.75 Å². The normalized spacial score (nSPS) is 9.00. The minimum atomic E-state index is -0.689. The van der Waals surface area contributed by atoms with Crippen molar-refractivity contribution in [1.82, 2.24) is 0 Å². The topological polar surface area (TPSA) is 50.1 Å². The first-order chi connectivity index (χ1) is 6.24. The van der Waals surface area contributed by atoms with Crippen molar-refractivity contribution in [3.63, 3.8) is 0 Å². The third-order valence-electron chi connectivity index (χ3n) is 1.59. The summed E-state index contributed by atoms with van der Waals surface area (Å²) >= 11 is 0. The van der Waals surface area contributed by atoms with Crippen LogP contribution >= 0.6 is 0 Å². The Bertz CT molecular complexity index is 382. The fourth-order valence-electron chi connectivity index (χ4n) is 0.993. The molecule has 0 heterocycles. The van der Waals surface area contributed by atoms with Crippen molar-refractivity contribution in [3.05, 3.63) is 29.1 Å². The Hall–Kier alpha value is -1.89. The maximum absolute atomic E-state index is 12.9. The van der Waals surface area contributed by atoms with Gasteiger partial charge in [-0.1, -0.05) is 0 Å². The Morgan fingerprint density at radius 1 is 1.62 bits per heavy atom. The van der Waals surface area contributed by atoms with Crippen LogP contribution in [-0.4, -0.2) is 13.4 Å². The zero-order chi connectivity index (χ0) is 9.84. The zero-order valence-corrected chi connectivity index (χ0v) is 6.87. The number of nitrogens with zero attached hydrogens (tertiary/aromatic N) is 1. The van der Waals surface area contributed by atoms with Crippen LogP contribution in [0.4, 0.5) is 4.39 Å². The summed E-state index contributed by atoms with van der Waals surface area (Å²) in [5, 5.41) is 8.59. The van der Waals surface area contributed by atoms with Crippen molar-refractivity contribution in [2.75, 3.05) is 7.11 Å². The summed E-state index contributed by atoms with van der Waals surface area (Å²) in [6.07, 6.45) is 0.328. The molecule has 0 radical (unpaired) electrons. The zero-order valence-electron chi connectivity index (χ0n) is 6.87. The number of nitriles is 1. The molecule has 1 aromatic carbocycles. The molecule has 0 unspecified atom stereocenters. The van der Waals surface area contributed by atoms with Crippen molar-refractivity contribution in [2.45, 2.75) is 0 Å². The van der Waals surface area contributed by atoms with E-state index in [4.69, 9.17) is 10.00 Å². The largest absolute Gasteiger partial charge is 0.495 e. The molecule has 0 aromatic heterocycles. The van der Waals surface area contributed by atoms with Crippen LogP contribution in [0.1, 0.15) is 15.9 Å². The molecule has 0 spiro atoms. The van der Waals surface area contributed by atoms with E-state index >= 15 is 0 Å². The second-order valence-electron chi connectivity index (χ2n) is 2.27. The second-order valence-corrected chi connectivity index (χ2v) is 2.27.